The number of carbonyl (C=O) groups excluding carboxylic acids is 3. The first-order valence-electron chi connectivity index (χ1n) is 20.5. The summed E-state index contributed by atoms with van der Waals surface area (Å²) in [6.07, 6.45) is 0.800. The van der Waals surface area contributed by atoms with Crippen LogP contribution in [0.5, 0.6) is 0 Å². The first kappa shape index (κ1) is 41.4. The number of hydrogen-bond acceptors (Lipinski definition) is 11. The van der Waals surface area contributed by atoms with Gasteiger partial charge in [-0.15, -0.1) is 0 Å². The van der Waals surface area contributed by atoms with Gasteiger partial charge in [-0.05, 0) is 99.0 Å². The minimum atomic E-state index is -4.67. The van der Waals surface area contributed by atoms with Crippen molar-refractivity contribution in [2.75, 3.05) is 65.8 Å². The van der Waals surface area contributed by atoms with Crippen LogP contribution in [0.1, 0.15) is 70.4 Å². The van der Waals surface area contributed by atoms with E-state index in [-0.39, 0.29) is 42.3 Å². The van der Waals surface area contributed by atoms with E-state index in [0.717, 1.165) is 87.0 Å². The van der Waals surface area contributed by atoms with Gasteiger partial charge in [-0.3, -0.25) is 24.7 Å². The van der Waals surface area contributed by atoms with Crippen molar-refractivity contribution < 1.29 is 31.9 Å². The summed E-state index contributed by atoms with van der Waals surface area (Å²) in [6.45, 7) is 7.57. The summed E-state index contributed by atoms with van der Waals surface area (Å²) in [5.41, 5.74) is 3.00. The number of anilines is 5. The maximum atomic E-state index is 15.3. The van der Waals surface area contributed by atoms with Crippen molar-refractivity contribution in [2.24, 2.45) is 5.92 Å². The molecule has 318 valence electrons. The highest BCUT2D eigenvalue weighted by Gasteiger charge is 2.35. The molecule has 2 aromatic heterocycles. The molecule has 18 heteroatoms. The molecule has 4 aromatic rings. The molecule has 0 spiro atoms. The Balaban J connectivity index is 0.795. The van der Waals surface area contributed by atoms with Crippen molar-refractivity contribution in [3.63, 3.8) is 0 Å². The molecule has 0 radical (unpaired) electrons. The molecule has 4 amide bonds. The number of fused-ring (bicyclic) bond motifs is 1. The molecule has 2 saturated heterocycles. The fraction of sp³-hybridized carbons (Fsp3) is 0.419. The van der Waals surface area contributed by atoms with Gasteiger partial charge in [0.05, 0.1) is 35.0 Å². The van der Waals surface area contributed by atoms with E-state index in [4.69, 9.17) is 5.26 Å². The molecule has 0 bridgehead atoms. The third kappa shape index (κ3) is 9.21. The molecule has 1 saturated carbocycles. The lowest BCUT2D eigenvalue weighted by Gasteiger charge is -2.39. The van der Waals surface area contributed by atoms with E-state index in [2.05, 4.69) is 46.8 Å². The first-order chi connectivity index (χ1) is 29.3. The van der Waals surface area contributed by atoms with Gasteiger partial charge < -0.3 is 20.4 Å². The minimum Gasteiger partial charge on any atom is -0.369 e. The van der Waals surface area contributed by atoms with Crippen LogP contribution < -0.4 is 30.7 Å². The Hall–Kier alpha value is -6.35. The zero-order valence-corrected chi connectivity index (χ0v) is 33.6. The van der Waals surface area contributed by atoms with Gasteiger partial charge in [-0.2, -0.15) is 22.8 Å². The monoisotopic (exact) mass is 839 g/mol. The lowest BCUT2D eigenvalue weighted by atomic mass is 9.85. The Morgan fingerprint density at radius 1 is 0.918 bits per heavy atom. The quantitative estimate of drug-likeness (QED) is 0.133. The average molecular weight is 840 g/mol. The van der Waals surface area contributed by atoms with Gasteiger partial charge in [0, 0.05) is 80.9 Å². The Morgan fingerprint density at radius 2 is 1.69 bits per heavy atom. The van der Waals surface area contributed by atoms with Crippen LogP contribution in [0.15, 0.2) is 54.9 Å². The lowest BCUT2D eigenvalue weighted by molar-refractivity contribution is -0.137. The second kappa shape index (κ2) is 17.3. The van der Waals surface area contributed by atoms with Crippen molar-refractivity contribution in [1.82, 2.24) is 30.5 Å². The van der Waals surface area contributed by atoms with Crippen molar-refractivity contribution in [1.29, 1.82) is 5.26 Å². The zero-order chi connectivity index (χ0) is 42.8. The molecule has 2 aromatic carbocycles. The standard InChI is InChI=1S/C43H45F4N11O3/c1-26-20-31(58-15-13-38(59)54-42(58)61)8-10-36(26)56-18-16-55(17-19-56)23-27-2-5-29(6-3-27)51-41(60)33-9-11-37(52-39(33)44)53-40-32-12-14-57(24-35(32)49-25-50-40)30-7-4-28(22-48)34(21-30)43(45,46)47/h4,7-11,20-21,25,27,29H,2-3,5-6,12-19,23-24H2,1H3,(H,51,60)(H,54,59,61)(H,49,50,52,53)/t27-,29-. The Bertz CT molecular complexity index is 2370. The number of pyridine rings is 1. The fourth-order valence-electron chi connectivity index (χ4n) is 8.80. The summed E-state index contributed by atoms with van der Waals surface area (Å²) >= 11 is 0. The number of piperazine rings is 1. The average Bonchev–Trinajstić information content (AvgIpc) is 3.24. The molecule has 61 heavy (non-hydrogen) atoms. The van der Waals surface area contributed by atoms with E-state index >= 15 is 4.39 Å². The molecule has 5 heterocycles. The largest absolute Gasteiger partial charge is 0.417 e. The summed E-state index contributed by atoms with van der Waals surface area (Å²) in [5, 5.41) is 17.6. The van der Waals surface area contributed by atoms with E-state index in [0.29, 0.717) is 42.6 Å². The normalized spacial score (nSPS) is 19.8. The van der Waals surface area contributed by atoms with Crippen molar-refractivity contribution >= 4 is 46.5 Å². The number of aromatic nitrogens is 3. The van der Waals surface area contributed by atoms with Crippen LogP contribution in [0.3, 0.4) is 0 Å². The number of nitrogens with zero attached hydrogens (tertiary/aromatic N) is 8. The van der Waals surface area contributed by atoms with Crippen LogP contribution in [-0.2, 0) is 23.9 Å². The highest BCUT2D eigenvalue weighted by molar-refractivity contribution is 6.05. The molecule has 3 aliphatic heterocycles. The molecular weight excluding hydrogens is 795 g/mol. The maximum Gasteiger partial charge on any atom is 0.417 e. The van der Waals surface area contributed by atoms with E-state index in [1.165, 1.54) is 30.6 Å². The number of aryl methyl sites for hydroxylation is 1. The highest BCUT2D eigenvalue weighted by Crippen LogP contribution is 2.36. The number of benzene rings is 2. The number of urea groups is 1. The predicted octanol–water partition coefficient (Wildman–Crippen LogP) is 6.07. The molecule has 0 unspecified atom stereocenters. The third-order valence-electron chi connectivity index (χ3n) is 12.1. The molecular formula is C43H45F4N11O3. The molecule has 8 rings (SSSR count). The zero-order valence-electron chi connectivity index (χ0n) is 33.6. The summed E-state index contributed by atoms with van der Waals surface area (Å²) in [7, 11) is 0. The number of nitrogens with one attached hydrogen (secondary N) is 3. The van der Waals surface area contributed by atoms with Gasteiger partial charge in [-0.1, -0.05) is 0 Å². The van der Waals surface area contributed by atoms with Gasteiger partial charge in [0.25, 0.3) is 5.91 Å². The number of imide groups is 1. The summed E-state index contributed by atoms with van der Waals surface area (Å²) in [5.74, 6) is -0.682. The van der Waals surface area contributed by atoms with Gasteiger partial charge >= 0.3 is 12.2 Å². The van der Waals surface area contributed by atoms with Crippen LogP contribution in [0.25, 0.3) is 0 Å². The van der Waals surface area contributed by atoms with E-state index in [9.17, 15) is 27.6 Å². The second-order valence-corrected chi connectivity index (χ2v) is 16.0. The van der Waals surface area contributed by atoms with E-state index in [1.54, 1.807) is 15.9 Å². The fourth-order valence-corrected chi connectivity index (χ4v) is 8.80. The van der Waals surface area contributed by atoms with Crippen LogP contribution in [-0.4, -0.2) is 89.6 Å². The lowest BCUT2D eigenvalue weighted by Crippen LogP contribution is -2.49. The maximum absolute atomic E-state index is 15.3. The van der Waals surface area contributed by atoms with Gasteiger partial charge in [0.2, 0.25) is 11.9 Å². The molecule has 3 N–H and O–H groups in total. The van der Waals surface area contributed by atoms with Crippen molar-refractivity contribution in [3.05, 3.63) is 94.3 Å². The van der Waals surface area contributed by atoms with Gasteiger partial charge in [0.1, 0.15) is 18.0 Å². The molecule has 14 nitrogen and oxygen atoms in total. The Morgan fingerprint density at radius 3 is 2.39 bits per heavy atom. The molecule has 1 aliphatic carbocycles. The van der Waals surface area contributed by atoms with Crippen LogP contribution in [0, 0.1) is 30.1 Å². The minimum absolute atomic E-state index is 0.0725. The summed E-state index contributed by atoms with van der Waals surface area (Å²) < 4.78 is 56.1. The Labute approximate surface area is 349 Å². The second-order valence-electron chi connectivity index (χ2n) is 16.0. The number of nitriles is 1. The van der Waals surface area contributed by atoms with Crippen LogP contribution >= 0.6 is 0 Å². The smallest absolute Gasteiger partial charge is 0.369 e. The summed E-state index contributed by atoms with van der Waals surface area (Å²) in [4.78, 5) is 57.9. The highest BCUT2D eigenvalue weighted by atomic mass is 19.4. The predicted molar refractivity (Wildman–Crippen MR) is 219 cm³/mol. The topological polar surface area (TPSA) is 163 Å². The van der Waals surface area contributed by atoms with Gasteiger partial charge in [-0.25, -0.2) is 19.7 Å². The van der Waals surface area contributed by atoms with Crippen LogP contribution in [0.2, 0.25) is 0 Å². The number of alkyl halides is 3. The Kier molecular flexibility index (Phi) is 11.8. The van der Waals surface area contributed by atoms with Crippen LogP contribution in [0.4, 0.5) is 51.1 Å². The molecule has 4 aliphatic rings. The number of rotatable bonds is 9. The summed E-state index contributed by atoms with van der Waals surface area (Å²) in [6, 6.07) is 13.6. The van der Waals surface area contributed by atoms with E-state index in [1.807, 2.05) is 19.1 Å². The number of hydrogen-bond donors (Lipinski definition) is 3. The number of carbonyl (C=O) groups is 3. The van der Waals surface area contributed by atoms with Crippen molar-refractivity contribution in [2.45, 2.75) is 64.2 Å². The number of halogens is 4. The third-order valence-corrected chi connectivity index (χ3v) is 12.1. The van der Waals surface area contributed by atoms with Gasteiger partial charge in [0.15, 0.2) is 0 Å². The van der Waals surface area contributed by atoms with E-state index < -0.39 is 29.2 Å². The SMILES string of the molecule is Cc1cc(N2CCC(=O)NC2=O)ccc1N1CCN(C[C@H]2CC[C@H](NC(=O)c3ccc(Nc4ncnc5c4CCN(c4ccc(C#N)c(C(F)(F)F)c4)C5)nc3F)CC2)CC1. The van der Waals surface area contributed by atoms with Crippen molar-refractivity contribution in [3.8, 4) is 6.07 Å². The number of amides is 4. The molecule has 0 atom stereocenters. The molecule has 3 fully saturated rings. The first-order valence-corrected chi connectivity index (χ1v) is 20.5.